The lowest BCUT2D eigenvalue weighted by Crippen LogP contribution is -2.28. The summed E-state index contributed by atoms with van der Waals surface area (Å²) in [6.07, 6.45) is 4.02. The van der Waals surface area contributed by atoms with Crippen LogP contribution in [0.5, 0.6) is 5.75 Å². The van der Waals surface area contributed by atoms with E-state index in [2.05, 4.69) is 10.4 Å². The summed E-state index contributed by atoms with van der Waals surface area (Å²) in [5, 5.41) is 6.94. The molecule has 1 aliphatic rings. The number of anilines is 2. The molecule has 0 saturated carbocycles. The van der Waals surface area contributed by atoms with Crippen molar-refractivity contribution in [2.24, 2.45) is 0 Å². The highest BCUT2D eigenvalue weighted by atomic mass is 16.5. The SMILES string of the molecule is O=C(Nc1cccc(OCCn2cccn2)c1)c1ccc(N2C(=O)CCC2=O)cc1. The summed E-state index contributed by atoms with van der Waals surface area (Å²) in [7, 11) is 0. The number of hydrogen-bond acceptors (Lipinski definition) is 5. The number of carbonyl (C=O) groups excluding carboxylic acids is 3. The first kappa shape index (κ1) is 19.4. The molecule has 8 heteroatoms. The Kier molecular flexibility index (Phi) is 5.56. The molecule has 1 fully saturated rings. The van der Waals surface area contributed by atoms with E-state index < -0.39 is 0 Å². The van der Waals surface area contributed by atoms with Gasteiger partial charge >= 0.3 is 0 Å². The van der Waals surface area contributed by atoms with Crippen LogP contribution in [-0.2, 0) is 16.1 Å². The van der Waals surface area contributed by atoms with E-state index in [0.29, 0.717) is 35.8 Å². The largest absolute Gasteiger partial charge is 0.492 e. The van der Waals surface area contributed by atoms with E-state index in [1.54, 1.807) is 53.3 Å². The second-order valence-electron chi connectivity index (χ2n) is 6.77. The molecule has 2 aromatic carbocycles. The summed E-state index contributed by atoms with van der Waals surface area (Å²) in [6, 6.07) is 15.4. The predicted molar refractivity (Wildman–Crippen MR) is 110 cm³/mol. The van der Waals surface area contributed by atoms with Gasteiger partial charge in [-0.15, -0.1) is 0 Å². The van der Waals surface area contributed by atoms with Gasteiger partial charge in [0, 0.05) is 42.6 Å². The molecule has 8 nitrogen and oxygen atoms in total. The lowest BCUT2D eigenvalue weighted by atomic mass is 10.1. The van der Waals surface area contributed by atoms with Crippen LogP contribution in [0.2, 0.25) is 0 Å². The highest BCUT2D eigenvalue weighted by molar-refractivity contribution is 6.20. The fraction of sp³-hybridized carbons (Fsp3) is 0.182. The lowest BCUT2D eigenvalue weighted by molar-refractivity contribution is -0.121. The van der Waals surface area contributed by atoms with Gasteiger partial charge in [-0.25, -0.2) is 0 Å². The number of benzene rings is 2. The van der Waals surface area contributed by atoms with E-state index in [1.807, 2.05) is 18.3 Å². The average Bonchev–Trinajstić information content (AvgIpc) is 3.38. The number of hydrogen-bond donors (Lipinski definition) is 1. The Hall–Kier alpha value is -3.94. The zero-order valence-electron chi connectivity index (χ0n) is 16.2. The summed E-state index contributed by atoms with van der Waals surface area (Å²) < 4.78 is 7.49. The minimum absolute atomic E-state index is 0.221. The Morgan fingerprint density at radius 1 is 1.03 bits per heavy atom. The number of imide groups is 1. The summed E-state index contributed by atoms with van der Waals surface area (Å²) in [5.41, 5.74) is 1.50. The number of amides is 3. The standard InChI is InChI=1S/C22H20N4O4/c27-20-9-10-21(28)26(20)18-7-5-16(6-8-18)22(29)24-17-3-1-4-19(15-17)30-14-13-25-12-2-11-23-25/h1-8,11-12,15H,9-10,13-14H2,(H,24,29). The summed E-state index contributed by atoms with van der Waals surface area (Å²) >= 11 is 0. The molecule has 1 aromatic heterocycles. The molecule has 4 rings (SSSR count). The van der Waals surface area contributed by atoms with Crippen LogP contribution in [-0.4, -0.2) is 34.1 Å². The number of nitrogens with one attached hydrogen (secondary N) is 1. The van der Waals surface area contributed by atoms with Crippen molar-refractivity contribution in [1.29, 1.82) is 0 Å². The van der Waals surface area contributed by atoms with Crippen LogP contribution in [0.25, 0.3) is 0 Å². The Labute approximate surface area is 173 Å². The number of aromatic nitrogens is 2. The monoisotopic (exact) mass is 404 g/mol. The zero-order chi connectivity index (χ0) is 20.9. The van der Waals surface area contributed by atoms with Crippen molar-refractivity contribution in [1.82, 2.24) is 9.78 Å². The Morgan fingerprint density at radius 3 is 2.50 bits per heavy atom. The fourth-order valence-corrected chi connectivity index (χ4v) is 3.18. The highest BCUT2D eigenvalue weighted by Crippen LogP contribution is 2.23. The van der Waals surface area contributed by atoms with E-state index in [9.17, 15) is 14.4 Å². The number of carbonyl (C=O) groups is 3. The van der Waals surface area contributed by atoms with Gasteiger partial charge in [-0.2, -0.15) is 5.10 Å². The zero-order valence-corrected chi connectivity index (χ0v) is 16.2. The third kappa shape index (κ3) is 4.38. The maximum absolute atomic E-state index is 12.5. The molecule has 3 aromatic rings. The highest BCUT2D eigenvalue weighted by Gasteiger charge is 2.30. The van der Waals surface area contributed by atoms with Crippen molar-refractivity contribution in [3.05, 3.63) is 72.6 Å². The van der Waals surface area contributed by atoms with Crippen molar-refractivity contribution in [2.75, 3.05) is 16.8 Å². The molecule has 1 saturated heterocycles. The first-order valence-corrected chi connectivity index (χ1v) is 9.58. The van der Waals surface area contributed by atoms with Gasteiger partial charge in [0.1, 0.15) is 12.4 Å². The maximum Gasteiger partial charge on any atom is 0.255 e. The van der Waals surface area contributed by atoms with Crippen molar-refractivity contribution < 1.29 is 19.1 Å². The molecule has 3 amide bonds. The topological polar surface area (TPSA) is 93.5 Å². The first-order chi connectivity index (χ1) is 14.6. The molecular formula is C22H20N4O4. The second-order valence-corrected chi connectivity index (χ2v) is 6.77. The summed E-state index contributed by atoms with van der Waals surface area (Å²) in [5.74, 6) is -0.0983. The Morgan fingerprint density at radius 2 is 1.80 bits per heavy atom. The van der Waals surface area contributed by atoms with E-state index >= 15 is 0 Å². The van der Waals surface area contributed by atoms with Crippen LogP contribution in [0, 0.1) is 0 Å². The van der Waals surface area contributed by atoms with Gasteiger partial charge in [0.2, 0.25) is 11.8 Å². The van der Waals surface area contributed by atoms with Crippen molar-refractivity contribution in [3.63, 3.8) is 0 Å². The van der Waals surface area contributed by atoms with E-state index in [-0.39, 0.29) is 30.6 Å². The molecule has 0 unspecified atom stereocenters. The molecule has 152 valence electrons. The molecule has 0 spiro atoms. The smallest absolute Gasteiger partial charge is 0.255 e. The third-order valence-corrected chi connectivity index (χ3v) is 4.68. The maximum atomic E-state index is 12.5. The number of nitrogens with zero attached hydrogens (tertiary/aromatic N) is 3. The minimum Gasteiger partial charge on any atom is -0.492 e. The molecule has 2 heterocycles. The van der Waals surface area contributed by atoms with Crippen molar-refractivity contribution in [3.8, 4) is 5.75 Å². The summed E-state index contributed by atoms with van der Waals surface area (Å²) in [4.78, 5) is 37.4. The Balaban J connectivity index is 1.36. The fourth-order valence-electron chi connectivity index (χ4n) is 3.18. The molecule has 30 heavy (non-hydrogen) atoms. The van der Waals surface area contributed by atoms with Gasteiger partial charge in [-0.05, 0) is 42.5 Å². The predicted octanol–water partition coefficient (Wildman–Crippen LogP) is 2.87. The number of rotatable bonds is 7. The lowest BCUT2D eigenvalue weighted by Gasteiger charge is -2.14. The molecule has 1 N–H and O–H groups in total. The second kappa shape index (κ2) is 8.60. The van der Waals surface area contributed by atoms with Crippen molar-refractivity contribution in [2.45, 2.75) is 19.4 Å². The number of ether oxygens (including phenoxy) is 1. The molecule has 0 bridgehead atoms. The van der Waals surface area contributed by atoms with E-state index in [4.69, 9.17) is 4.74 Å². The first-order valence-electron chi connectivity index (χ1n) is 9.58. The van der Waals surface area contributed by atoms with Crippen LogP contribution in [0.3, 0.4) is 0 Å². The van der Waals surface area contributed by atoms with Gasteiger partial charge in [0.05, 0.1) is 12.2 Å². The molecular weight excluding hydrogens is 384 g/mol. The summed E-state index contributed by atoms with van der Waals surface area (Å²) in [6.45, 7) is 1.08. The molecule has 0 radical (unpaired) electrons. The third-order valence-electron chi connectivity index (χ3n) is 4.68. The molecule has 0 aliphatic carbocycles. The van der Waals surface area contributed by atoms with Gasteiger partial charge < -0.3 is 10.1 Å². The van der Waals surface area contributed by atoms with Gasteiger partial charge in [0.15, 0.2) is 0 Å². The van der Waals surface area contributed by atoms with Crippen LogP contribution in [0.1, 0.15) is 23.2 Å². The minimum atomic E-state index is -0.297. The normalized spacial score (nSPS) is 13.5. The van der Waals surface area contributed by atoms with Gasteiger partial charge in [0.25, 0.3) is 5.91 Å². The quantitative estimate of drug-likeness (QED) is 0.611. The van der Waals surface area contributed by atoms with Crippen LogP contribution in [0.15, 0.2) is 67.0 Å². The van der Waals surface area contributed by atoms with Gasteiger partial charge in [-0.3, -0.25) is 24.0 Å². The van der Waals surface area contributed by atoms with Crippen LogP contribution < -0.4 is 15.0 Å². The van der Waals surface area contributed by atoms with Gasteiger partial charge in [-0.1, -0.05) is 6.07 Å². The molecule has 1 aliphatic heterocycles. The molecule has 0 atom stereocenters. The van der Waals surface area contributed by atoms with Crippen LogP contribution in [0.4, 0.5) is 11.4 Å². The average molecular weight is 404 g/mol. The van der Waals surface area contributed by atoms with Crippen LogP contribution >= 0.6 is 0 Å². The van der Waals surface area contributed by atoms with Crippen molar-refractivity contribution >= 4 is 29.1 Å². The Bertz CT molecular complexity index is 1050. The van der Waals surface area contributed by atoms with E-state index in [0.717, 1.165) is 4.90 Å². The van der Waals surface area contributed by atoms with E-state index in [1.165, 1.54) is 0 Å².